The maximum Gasteiger partial charge on any atom is 0.112 e. The number of nitrogens with zero attached hydrogens (tertiary/aromatic N) is 1. The number of rotatable bonds is 2. The van der Waals surface area contributed by atoms with Gasteiger partial charge in [0.05, 0.1) is 6.04 Å². The summed E-state index contributed by atoms with van der Waals surface area (Å²) >= 11 is 5.54. The Morgan fingerprint density at radius 2 is 1.53 bits per heavy atom. The molecule has 1 aliphatic heterocycles. The first kappa shape index (κ1) is 12.1. The number of anilines is 1. The molecule has 2 heteroatoms. The van der Waals surface area contributed by atoms with Crippen molar-refractivity contribution in [3.8, 4) is 0 Å². The van der Waals surface area contributed by atoms with Gasteiger partial charge in [-0.1, -0.05) is 66.8 Å². The minimum atomic E-state index is 0.251. The van der Waals surface area contributed by atoms with Gasteiger partial charge in [-0.25, -0.2) is 0 Å². The lowest BCUT2D eigenvalue weighted by Crippen LogP contribution is -2.48. The molecule has 0 aliphatic carbocycles. The van der Waals surface area contributed by atoms with E-state index in [1.165, 1.54) is 11.1 Å². The molecule has 1 unspecified atom stereocenters. The second-order valence-corrected chi connectivity index (χ2v) is 4.95. The van der Waals surface area contributed by atoms with E-state index in [-0.39, 0.29) is 6.04 Å². The van der Waals surface area contributed by atoms with Crippen LogP contribution in [0.1, 0.15) is 18.5 Å². The molecule has 2 aromatic carbocycles. The van der Waals surface area contributed by atoms with Gasteiger partial charge in [0.15, 0.2) is 0 Å². The molecule has 2 aromatic rings. The minimum Gasteiger partial charge on any atom is -0.321 e. The van der Waals surface area contributed by atoms with Gasteiger partial charge >= 0.3 is 0 Å². The van der Waals surface area contributed by atoms with Crippen molar-refractivity contribution < 1.29 is 0 Å². The van der Waals surface area contributed by atoms with Crippen molar-refractivity contribution in [3.05, 3.63) is 77.9 Å². The lowest BCUT2D eigenvalue weighted by atomic mass is 9.88. The molecule has 0 spiro atoms. The Morgan fingerprint density at radius 1 is 0.947 bits per heavy atom. The fourth-order valence-electron chi connectivity index (χ4n) is 2.55. The Kier molecular flexibility index (Phi) is 3.18. The van der Waals surface area contributed by atoms with Crippen LogP contribution in [-0.4, -0.2) is 4.99 Å². The molecule has 1 aliphatic rings. The summed E-state index contributed by atoms with van der Waals surface area (Å²) in [5.41, 5.74) is 3.69. The van der Waals surface area contributed by atoms with Crippen LogP contribution in [0.2, 0.25) is 0 Å². The largest absolute Gasteiger partial charge is 0.321 e. The summed E-state index contributed by atoms with van der Waals surface area (Å²) in [7, 11) is 0. The first-order chi connectivity index (χ1) is 9.33. The van der Waals surface area contributed by atoms with Gasteiger partial charge < -0.3 is 4.90 Å². The number of hydrogen-bond donors (Lipinski definition) is 0. The maximum absolute atomic E-state index is 5.54. The molecule has 0 N–H and O–H groups in total. The van der Waals surface area contributed by atoms with E-state index in [2.05, 4.69) is 54.3 Å². The highest BCUT2D eigenvalue weighted by atomic mass is 32.1. The fourth-order valence-corrected chi connectivity index (χ4v) is 2.99. The molecule has 1 heterocycles. The van der Waals surface area contributed by atoms with Crippen molar-refractivity contribution in [2.45, 2.75) is 13.0 Å². The fraction of sp³-hybridized carbons (Fsp3) is 0.118. The molecule has 0 aromatic heterocycles. The highest BCUT2D eigenvalue weighted by Gasteiger charge is 2.39. The number of allylic oxidation sites excluding steroid dienone is 1. The highest BCUT2D eigenvalue weighted by Crippen LogP contribution is 2.43. The summed E-state index contributed by atoms with van der Waals surface area (Å²) < 4.78 is 0. The molecule has 1 nitrogen and oxygen atoms in total. The molecule has 0 amide bonds. The van der Waals surface area contributed by atoms with E-state index in [1.807, 2.05) is 24.3 Å². The number of benzene rings is 2. The molecule has 0 saturated carbocycles. The van der Waals surface area contributed by atoms with Crippen LogP contribution in [0.4, 0.5) is 5.69 Å². The Morgan fingerprint density at radius 3 is 2.11 bits per heavy atom. The third kappa shape index (κ3) is 1.98. The third-order valence-electron chi connectivity index (χ3n) is 3.48. The van der Waals surface area contributed by atoms with Gasteiger partial charge in [-0.2, -0.15) is 0 Å². The zero-order valence-electron chi connectivity index (χ0n) is 10.8. The third-order valence-corrected chi connectivity index (χ3v) is 3.91. The first-order valence-electron chi connectivity index (χ1n) is 6.42. The van der Waals surface area contributed by atoms with E-state index in [0.717, 1.165) is 10.7 Å². The van der Waals surface area contributed by atoms with Crippen LogP contribution in [0, 0.1) is 0 Å². The lowest BCUT2D eigenvalue weighted by Gasteiger charge is -2.46. The van der Waals surface area contributed by atoms with Crippen molar-refractivity contribution in [1.82, 2.24) is 0 Å². The minimum absolute atomic E-state index is 0.251. The van der Waals surface area contributed by atoms with Gasteiger partial charge in [0, 0.05) is 11.3 Å². The van der Waals surface area contributed by atoms with Crippen LogP contribution < -0.4 is 4.90 Å². The Labute approximate surface area is 119 Å². The van der Waals surface area contributed by atoms with Gasteiger partial charge in [0.2, 0.25) is 0 Å². The monoisotopic (exact) mass is 265 g/mol. The van der Waals surface area contributed by atoms with E-state index in [9.17, 15) is 0 Å². The molecule has 94 valence electrons. The second-order valence-electron chi connectivity index (χ2n) is 4.57. The molecule has 3 rings (SSSR count). The van der Waals surface area contributed by atoms with Gasteiger partial charge in [-0.15, -0.1) is 0 Å². The average Bonchev–Trinajstić information content (AvgIpc) is 2.47. The Balaban J connectivity index is 2.03. The summed E-state index contributed by atoms with van der Waals surface area (Å²) in [4.78, 5) is 3.16. The number of para-hydroxylation sites is 1. The zero-order valence-corrected chi connectivity index (χ0v) is 11.6. The Hall–Kier alpha value is -1.93. The van der Waals surface area contributed by atoms with E-state index in [0.29, 0.717) is 0 Å². The van der Waals surface area contributed by atoms with Crippen LogP contribution in [0.25, 0.3) is 0 Å². The van der Waals surface area contributed by atoms with E-state index >= 15 is 0 Å². The lowest BCUT2D eigenvalue weighted by molar-refractivity contribution is 0.788. The van der Waals surface area contributed by atoms with E-state index in [1.54, 1.807) is 0 Å². The van der Waals surface area contributed by atoms with Gasteiger partial charge in [0.1, 0.15) is 4.99 Å². The molecule has 1 saturated heterocycles. The van der Waals surface area contributed by atoms with Crippen LogP contribution in [-0.2, 0) is 0 Å². The smallest absolute Gasteiger partial charge is 0.112 e. The second kappa shape index (κ2) is 4.98. The molecule has 0 radical (unpaired) electrons. The SMILES string of the molecule is C/C=C1\C(=S)N(c2ccccc2)C1c1ccccc1. The average molecular weight is 265 g/mol. The predicted octanol–water partition coefficient (Wildman–Crippen LogP) is 4.52. The number of hydrogen-bond acceptors (Lipinski definition) is 1. The van der Waals surface area contributed by atoms with Gasteiger partial charge in [-0.05, 0) is 24.6 Å². The van der Waals surface area contributed by atoms with Crippen molar-refractivity contribution in [3.63, 3.8) is 0 Å². The quantitative estimate of drug-likeness (QED) is 0.580. The van der Waals surface area contributed by atoms with Crippen molar-refractivity contribution in [1.29, 1.82) is 0 Å². The summed E-state index contributed by atoms with van der Waals surface area (Å²) in [5, 5.41) is 0. The molecular formula is C17H15NS. The van der Waals surface area contributed by atoms with Crippen LogP contribution in [0.3, 0.4) is 0 Å². The summed E-state index contributed by atoms with van der Waals surface area (Å²) in [6.07, 6.45) is 2.12. The van der Waals surface area contributed by atoms with Gasteiger partial charge in [-0.3, -0.25) is 0 Å². The standard InChI is InChI=1S/C17H15NS/c1-2-15-16(13-9-5-3-6-10-13)18(17(15)19)14-11-7-4-8-12-14/h2-12,16H,1H3/b15-2-. The zero-order chi connectivity index (χ0) is 13.2. The summed E-state index contributed by atoms with van der Waals surface area (Å²) in [6.45, 7) is 2.06. The highest BCUT2D eigenvalue weighted by molar-refractivity contribution is 7.81. The first-order valence-corrected chi connectivity index (χ1v) is 6.83. The number of thiocarbonyl (C=S) groups is 1. The molecule has 19 heavy (non-hydrogen) atoms. The maximum atomic E-state index is 5.54. The van der Waals surface area contributed by atoms with Crippen LogP contribution in [0.5, 0.6) is 0 Å². The van der Waals surface area contributed by atoms with Crippen molar-refractivity contribution in [2.24, 2.45) is 0 Å². The topological polar surface area (TPSA) is 3.24 Å². The molecular weight excluding hydrogens is 250 g/mol. The van der Waals surface area contributed by atoms with E-state index in [4.69, 9.17) is 12.2 Å². The van der Waals surface area contributed by atoms with Crippen LogP contribution >= 0.6 is 12.2 Å². The normalized spacial score (nSPS) is 20.5. The van der Waals surface area contributed by atoms with Crippen LogP contribution in [0.15, 0.2) is 72.3 Å². The Bertz CT molecular complexity index is 616. The molecule has 1 atom stereocenters. The van der Waals surface area contributed by atoms with Gasteiger partial charge in [0.25, 0.3) is 0 Å². The molecule has 0 bridgehead atoms. The van der Waals surface area contributed by atoms with Crippen molar-refractivity contribution >= 4 is 22.9 Å². The molecule has 1 fully saturated rings. The summed E-state index contributed by atoms with van der Waals surface area (Å²) in [6, 6.07) is 21.1. The van der Waals surface area contributed by atoms with E-state index < -0.39 is 0 Å². The van der Waals surface area contributed by atoms with Crippen molar-refractivity contribution in [2.75, 3.05) is 4.90 Å². The summed E-state index contributed by atoms with van der Waals surface area (Å²) in [5.74, 6) is 0. The predicted molar refractivity (Wildman–Crippen MR) is 84.5 cm³/mol.